The number of ether oxygens (including phenoxy) is 2. The highest BCUT2D eigenvalue weighted by Gasteiger charge is 2.24. The monoisotopic (exact) mass is 590 g/mol. The minimum Gasteiger partial charge on any atom is -0.495 e. The number of likely N-dealkylation sites (N-methyl/N-ethyl adjacent to an activating group) is 1. The van der Waals surface area contributed by atoms with Crippen molar-refractivity contribution < 1.29 is 28.7 Å². The number of hydrogen-bond acceptors (Lipinski definition) is 7. The Morgan fingerprint density at radius 1 is 1.02 bits per heavy atom. The van der Waals surface area contributed by atoms with E-state index < -0.39 is 12.0 Å². The summed E-state index contributed by atoms with van der Waals surface area (Å²) in [6, 6.07) is 10.5. The molecule has 0 aliphatic heterocycles. The molecule has 0 fully saturated rings. The van der Waals surface area contributed by atoms with Crippen LogP contribution in [0.5, 0.6) is 0 Å². The number of anilines is 1. The van der Waals surface area contributed by atoms with Crippen LogP contribution in [-0.2, 0) is 19.1 Å². The summed E-state index contributed by atoms with van der Waals surface area (Å²) in [5.41, 5.74) is 1.97. The summed E-state index contributed by atoms with van der Waals surface area (Å²) in [5.74, 6) is -0.751. The van der Waals surface area contributed by atoms with Crippen molar-refractivity contribution in [3.05, 3.63) is 119 Å². The van der Waals surface area contributed by atoms with Crippen LogP contribution in [-0.4, -0.2) is 56.2 Å². The molecule has 0 saturated heterocycles. The van der Waals surface area contributed by atoms with E-state index in [-0.39, 0.29) is 17.4 Å². The quantitative estimate of drug-likeness (QED) is 0.0638. The predicted molar refractivity (Wildman–Crippen MR) is 166 cm³/mol. The second kappa shape index (κ2) is 17.2. The Kier molecular flexibility index (Phi) is 13.7. The lowest BCUT2D eigenvalue weighted by Gasteiger charge is -2.27. The Balaban J connectivity index is 2.46. The summed E-state index contributed by atoms with van der Waals surface area (Å²) in [6.07, 6.45) is 13.6. The molecule has 0 saturated carbocycles. The van der Waals surface area contributed by atoms with E-state index in [4.69, 9.17) is 21.1 Å². The maximum absolute atomic E-state index is 13.5. The summed E-state index contributed by atoms with van der Waals surface area (Å²) in [6.45, 7) is 5.06. The van der Waals surface area contributed by atoms with Gasteiger partial charge in [0.1, 0.15) is 18.1 Å². The largest absolute Gasteiger partial charge is 0.495 e. The fourth-order valence-electron chi connectivity index (χ4n) is 4.05. The van der Waals surface area contributed by atoms with E-state index >= 15 is 0 Å². The molecule has 0 radical (unpaired) electrons. The number of Topliss-reactive ketones (excluding diaryl/α,β-unsaturated/α-hetero) is 1. The van der Waals surface area contributed by atoms with E-state index in [1.54, 1.807) is 72.8 Å². The van der Waals surface area contributed by atoms with E-state index in [9.17, 15) is 19.2 Å². The highest BCUT2D eigenvalue weighted by atomic mass is 35.5. The number of nitrogens with one attached hydrogen (secondary N) is 1. The van der Waals surface area contributed by atoms with Crippen LogP contribution in [0.15, 0.2) is 97.5 Å². The van der Waals surface area contributed by atoms with Crippen LogP contribution in [0.2, 0.25) is 5.02 Å². The van der Waals surface area contributed by atoms with E-state index in [1.807, 2.05) is 18.2 Å². The highest BCUT2D eigenvalue weighted by Crippen LogP contribution is 2.30. The minimum absolute atomic E-state index is 0.213. The minimum atomic E-state index is -0.674. The number of carbonyl (C=O) groups is 4. The molecule has 42 heavy (non-hydrogen) atoms. The maximum Gasteiger partial charge on any atom is 0.337 e. The Morgan fingerprint density at radius 3 is 2.33 bits per heavy atom. The lowest BCUT2D eigenvalue weighted by molar-refractivity contribution is -0.120. The number of rotatable bonds is 15. The van der Waals surface area contributed by atoms with Crippen LogP contribution in [0.4, 0.5) is 5.69 Å². The molecule has 1 atom stereocenters. The summed E-state index contributed by atoms with van der Waals surface area (Å²) >= 11 is 6.23. The summed E-state index contributed by atoms with van der Waals surface area (Å²) in [4.78, 5) is 51.0. The third-order valence-corrected chi connectivity index (χ3v) is 6.40. The van der Waals surface area contributed by atoms with E-state index in [0.29, 0.717) is 52.1 Å². The van der Waals surface area contributed by atoms with Crippen LogP contribution in [0.3, 0.4) is 0 Å². The average molecular weight is 591 g/mol. The number of allylic oxidation sites excluding steroid dienone is 7. The van der Waals surface area contributed by atoms with Crippen molar-refractivity contribution in [1.29, 1.82) is 0 Å². The maximum atomic E-state index is 13.5. The molecular formula is C33H35ClN2O6. The van der Waals surface area contributed by atoms with Gasteiger partial charge in [0.25, 0.3) is 0 Å². The van der Waals surface area contributed by atoms with Crippen molar-refractivity contribution in [1.82, 2.24) is 4.90 Å². The van der Waals surface area contributed by atoms with Gasteiger partial charge in [-0.05, 0) is 73.9 Å². The second-order valence-electron chi connectivity index (χ2n) is 9.03. The molecule has 0 bridgehead atoms. The molecule has 2 rings (SSSR count). The van der Waals surface area contributed by atoms with Gasteiger partial charge in [-0.2, -0.15) is 0 Å². The summed E-state index contributed by atoms with van der Waals surface area (Å²) in [5, 5.41) is 3.27. The topological polar surface area (TPSA) is 102 Å². The molecule has 2 aromatic rings. The van der Waals surface area contributed by atoms with Crippen molar-refractivity contribution in [3.8, 4) is 0 Å². The van der Waals surface area contributed by atoms with Crippen molar-refractivity contribution in [2.45, 2.75) is 25.8 Å². The Labute approximate surface area is 251 Å². The van der Waals surface area contributed by atoms with Crippen LogP contribution in [0.1, 0.15) is 46.0 Å². The Hall–Kier alpha value is -4.69. The molecule has 8 nitrogen and oxygen atoms in total. The highest BCUT2D eigenvalue weighted by molar-refractivity contribution is 6.31. The van der Waals surface area contributed by atoms with E-state index in [2.05, 4.69) is 11.9 Å². The normalized spacial score (nSPS) is 12.6. The Morgan fingerprint density at radius 2 is 1.74 bits per heavy atom. The summed E-state index contributed by atoms with van der Waals surface area (Å²) < 4.78 is 10.4. The zero-order valence-corrected chi connectivity index (χ0v) is 24.9. The molecular weight excluding hydrogens is 556 g/mol. The van der Waals surface area contributed by atoms with Crippen LogP contribution in [0, 0.1) is 0 Å². The van der Waals surface area contributed by atoms with Gasteiger partial charge in [0, 0.05) is 35.1 Å². The van der Waals surface area contributed by atoms with Crippen LogP contribution in [0.25, 0.3) is 5.57 Å². The first-order valence-corrected chi connectivity index (χ1v) is 13.4. The van der Waals surface area contributed by atoms with Crippen molar-refractivity contribution in [2.75, 3.05) is 26.6 Å². The molecule has 1 N–H and O–H groups in total. The van der Waals surface area contributed by atoms with Gasteiger partial charge in [-0.3, -0.25) is 14.4 Å². The molecule has 220 valence electrons. The molecule has 1 unspecified atom stereocenters. The smallest absolute Gasteiger partial charge is 0.337 e. The number of aldehydes is 1. The number of amides is 1. The van der Waals surface area contributed by atoms with Crippen molar-refractivity contribution in [2.24, 2.45) is 0 Å². The third-order valence-electron chi connectivity index (χ3n) is 6.16. The van der Waals surface area contributed by atoms with Gasteiger partial charge < -0.3 is 19.7 Å². The first-order chi connectivity index (χ1) is 20.2. The van der Waals surface area contributed by atoms with Gasteiger partial charge in [-0.25, -0.2) is 4.79 Å². The first-order valence-electron chi connectivity index (χ1n) is 13.0. The van der Waals surface area contributed by atoms with Crippen LogP contribution < -0.4 is 5.32 Å². The molecule has 0 aliphatic carbocycles. The molecule has 2 aromatic carbocycles. The molecule has 0 aliphatic rings. The third kappa shape index (κ3) is 9.74. The predicted octanol–water partition coefficient (Wildman–Crippen LogP) is 6.42. The molecule has 0 aromatic heterocycles. The number of carbonyl (C=O) groups excluding carboxylic acids is 4. The number of halogens is 1. The first kappa shape index (κ1) is 33.5. The molecule has 9 heteroatoms. The molecule has 0 heterocycles. The van der Waals surface area contributed by atoms with Crippen LogP contribution >= 0.6 is 11.6 Å². The van der Waals surface area contributed by atoms with Gasteiger partial charge in [0.2, 0.25) is 5.91 Å². The van der Waals surface area contributed by atoms with E-state index in [1.165, 1.54) is 27.2 Å². The van der Waals surface area contributed by atoms with Gasteiger partial charge in [-0.15, -0.1) is 0 Å². The van der Waals surface area contributed by atoms with Gasteiger partial charge in [0.05, 0.1) is 19.8 Å². The number of methoxy groups -OCH3 is 2. The number of benzene rings is 2. The fraction of sp³-hybridized carbons (Fsp3) is 0.212. The lowest BCUT2D eigenvalue weighted by Crippen LogP contribution is -2.39. The zero-order valence-electron chi connectivity index (χ0n) is 24.1. The standard InChI is InChI=1S/C33H35ClN2O6/c1-6-7-8-9-10-11-12-30(32(39)35-26-16-13-24(14-17-26)33(40)42-5)36(3)22-31(41-4)28(19-20-37)29-21-25(34)15-18-27(29)23(2)38/h6-10,13-22,30H,1,11-12H2,2-5H3,(H,35,39)/b8-7-,10-9-,28-19-,31-22+. The number of ketones is 1. The Bertz CT molecular complexity index is 1410. The van der Waals surface area contributed by atoms with Gasteiger partial charge in [0.15, 0.2) is 5.78 Å². The second-order valence-corrected chi connectivity index (χ2v) is 9.46. The average Bonchev–Trinajstić information content (AvgIpc) is 2.98. The lowest BCUT2D eigenvalue weighted by atomic mass is 9.95. The summed E-state index contributed by atoms with van der Waals surface area (Å²) in [7, 11) is 4.45. The van der Waals surface area contributed by atoms with E-state index in [0.717, 1.165) is 0 Å². The molecule has 0 spiro atoms. The van der Waals surface area contributed by atoms with Crippen molar-refractivity contribution in [3.63, 3.8) is 0 Å². The molecule has 1 amide bonds. The fourth-order valence-corrected chi connectivity index (χ4v) is 4.22. The SMILES string of the molecule is C=C/C=C\C=C/CCC(C(=O)Nc1ccc(C(=O)OC)cc1)N(C)/C=C(OC)\C(=C/C=O)c1cc(Cl)ccc1C(C)=O. The van der Waals surface area contributed by atoms with Gasteiger partial charge >= 0.3 is 5.97 Å². The van der Waals surface area contributed by atoms with Gasteiger partial charge in [-0.1, -0.05) is 48.6 Å². The number of nitrogens with zero attached hydrogens (tertiary/aromatic N) is 1. The number of hydrogen-bond donors (Lipinski definition) is 1. The number of esters is 1. The zero-order chi connectivity index (χ0) is 31.1. The van der Waals surface area contributed by atoms with Crippen molar-refractivity contribution >= 4 is 46.8 Å².